The lowest BCUT2D eigenvalue weighted by Gasteiger charge is -2.34. The molecule has 2 aromatic rings. The molecule has 0 atom stereocenters. The van der Waals surface area contributed by atoms with Crippen molar-refractivity contribution in [1.82, 2.24) is 19.8 Å². The molecule has 0 aliphatic carbocycles. The molecule has 2 aliphatic rings. The summed E-state index contributed by atoms with van der Waals surface area (Å²) in [5.74, 6) is 0.610. The van der Waals surface area contributed by atoms with Crippen LogP contribution in [0.25, 0.3) is 11.3 Å². The van der Waals surface area contributed by atoms with E-state index in [-0.39, 0.29) is 11.8 Å². The van der Waals surface area contributed by atoms with Crippen molar-refractivity contribution >= 4 is 17.8 Å². The molecule has 0 spiro atoms. The molecule has 0 radical (unpaired) electrons. The van der Waals surface area contributed by atoms with Crippen LogP contribution in [-0.4, -0.2) is 84.1 Å². The first-order valence-electron chi connectivity index (χ1n) is 10.3. The zero-order chi connectivity index (χ0) is 21.1. The summed E-state index contributed by atoms with van der Waals surface area (Å²) in [7, 11) is 0. The topological polar surface area (TPSA) is 78.9 Å². The number of ether oxygens (including phenoxy) is 1. The van der Waals surface area contributed by atoms with Gasteiger partial charge in [-0.05, 0) is 13.0 Å². The van der Waals surface area contributed by atoms with Gasteiger partial charge in [-0.2, -0.15) is 0 Å². The Morgan fingerprint density at radius 2 is 1.73 bits per heavy atom. The largest absolute Gasteiger partial charge is 0.378 e. The summed E-state index contributed by atoms with van der Waals surface area (Å²) in [6.45, 7) is 8.48. The number of hydrogen-bond donors (Lipinski definition) is 0. The molecule has 2 amide bonds. The van der Waals surface area contributed by atoms with Crippen LogP contribution < -0.4 is 4.90 Å². The number of piperazine rings is 1. The van der Waals surface area contributed by atoms with Gasteiger partial charge in [0.1, 0.15) is 0 Å². The highest BCUT2D eigenvalue weighted by Crippen LogP contribution is 2.26. The first kappa shape index (κ1) is 20.3. The maximum absolute atomic E-state index is 13.2. The molecule has 8 nitrogen and oxygen atoms in total. The molecule has 0 bridgehead atoms. The van der Waals surface area contributed by atoms with E-state index in [2.05, 4.69) is 9.88 Å². The highest BCUT2D eigenvalue weighted by atomic mass is 16.5. The molecule has 8 heteroatoms. The number of rotatable bonds is 3. The molecule has 0 saturated carbocycles. The van der Waals surface area contributed by atoms with Gasteiger partial charge in [0.05, 0.1) is 24.5 Å². The van der Waals surface area contributed by atoms with Gasteiger partial charge >= 0.3 is 0 Å². The molecule has 0 unspecified atom stereocenters. The fraction of sp³-hybridized carbons (Fsp3) is 0.455. The van der Waals surface area contributed by atoms with Gasteiger partial charge in [-0.25, -0.2) is 9.97 Å². The minimum atomic E-state index is -0.0669. The zero-order valence-electron chi connectivity index (χ0n) is 17.5. The Morgan fingerprint density at radius 1 is 1.00 bits per heavy atom. The Morgan fingerprint density at radius 3 is 2.40 bits per heavy atom. The Balaban J connectivity index is 1.67. The Kier molecular flexibility index (Phi) is 5.94. The average Bonchev–Trinajstić information content (AvgIpc) is 2.79. The van der Waals surface area contributed by atoms with Gasteiger partial charge in [0, 0.05) is 58.0 Å². The van der Waals surface area contributed by atoms with Crippen molar-refractivity contribution in [2.75, 3.05) is 57.4 Å². The third-order valence-corrected chi connectivity index (χ3v) is 5.60. The number of benzene rings is 1. The highest BCUT2D eigenvalue weighted by Gasteiger charge is 2.26. The maximum Gasteiger partial charge on any atom is 0.257 e. The Hall–Kier alpha value is -3.00. The second-order valence-corrected chi connectivity index (χ2v) is 7.70. The number of hydrogen-bond acceptors (Lipinski definition) is 6. The van der Waals surface area contributed by atoms with E-state index in [1.54, 1.807) is 18.0 Å². The van der Waals surface area contributed by atoms with Gasteiger partial charge in [0.25, 0.3) is 5.91 Å². The number of anilines is 1. The van der Waals surface area contributed by atoms with Gasteiger partial charge in [-0.3, -0.25) is 9.59 Å². The fourth-order valence-electron chi connectivity index (χ4n) is 3.85. The average molecular weight is 409 g/mol. The molecule has 1 aromatic carbocycles. The van der Waals surface area contributed by atoms with Crippen molar-refractivity contribution in [3.05, 3.63) is 41.6 Å². The summed E-state index contributed by atoms with van der Waals surface area (Å²) in [4.78, 5) is 39.9. The van der Waals surface area contributed by atoms with Crippen molar-refractivity contribution in [2.24, 2.45) is 0 Å². The highest BCUT2D eigenvalue weighted by molar-refractivity contribution is 6.00. The second kappa shape index (κ2) is 8.79. The van der Waals surface area contributed by atoms with E-state index in [0.29, 0.717) is 69.7 Å². The van der Waals surface area contributed by atoms with Gasteiger partial charge < -0.3 is 19.4 Å². The number of aromatic nitrogens is 2. The lowest BCUT2D eigenvalue weighted by molar-refractivity contribution is -0.129. The van der Waals surface area contributed by atoms with Crippen LogP contribution >= 0.6 is 0 Å². The summed E-state index contributed by atoms with van der Waals surface area (Å²) in [6, 6.07) is 8.01. The van der Waals surface area contributed by atoms with Crippen LogP contribution in [0, 0.1) is 6.92 Å². The van der Waals surface area contributed by atoms with E-state index in [9.17, 15) is 9.59 Å². The van der Waals surface area contributed by atoms with Crippen LogP contribution in [0.1, 0.15) is 22.8 Å². The zero-order valence-corrected chi connectivity index (χ0v) is 17.5. The summed E-state index contributed by atoms with van der Waals surface area (Å²) in [6.07, 6.45) is 1.65. The van der Waals surface area contributed by atoms with Crippen molar-refractivity contribution in [3.63, 3.8) is 0 Å². The Labute approximate surface area is 176 Å². The minimum Gasteiger partial charge on any atom is -0.378 e. The standard InChI is InChI=1S/C22H27N5O3/c1-16-4-3-5-18(14-16)20-19(21(29)26-10-12-30-13-11-26)15-23-22(24-20)27-8-6-25(7-9-27)17(2)28/h3-5,14-15H,6-13H2,1-2H3. The van der Waals surface area contributed by atoms with Crippen molar-refractivity contribution in [1.29, 1.82) is 0 Å². The lowest BCUT2D eigenvalue weighted by atomic mass is 10.0. The smallest absolute Gasteiger partial charge is 0.257 e. The molecule has 2 fully saturated rings. The first-order valence-corrected chi connectivity index (χ1v) is 10.3. The SMILES string of the molecule is CC(=O)N1CCN(c2ncc(C(=O)N3CCOCC3)c(-c3cccc(C)c3)n2)CC1. The molecular weight excluding hydrogens is 382 g/mol. The van der Waals surface area contributed by atoms with Crippen LogP contribution in [0.5, 0.6) is 0 Å². The number of amides is 2. The number of carbonyl (C=O) groups is 2. The quantitative estimate of drug-likeness (QED) is 0.766. The fourth-order valence-corrected chi connectivity index (χ4v) is 3.85. The van der Waals surface area contributed by atoms with E-state index in [1.807, 2.05) is 36.1 Å². The number of aryl methyl sites for hydroxylation is 1. The molecule has 30 heavy (non-hydrogen) atoms. The van der Waals surface area contributed by atoms with E-state index >= 15 is 0 Å². The number of carbonyl (C=O) groups excluding carboxylic acids is 2. The summed E-state index contributed by atoms with van der Waals surface area (Å²) >= 11 is 0. The van der Waals surface area contributed by atoms with Gasteiger partial charge in [0.15, 0.2) is 0 Å². The normalized spacial score (nSPS) is 17.2. The maximum atomic E-state index is 13.2. The van der Waals surface area contributed by atoms with Crippen LogP contribution in [0.15, 0.2) is 30.5 Å². The molecule has 1 aromatic heterocycles. The molecule has 2 saturated heterocycles. The van der Waals surface area contributed by atoms with Crippen LogP contribution in [-0.2, 0) is 9.53 Å². The van der Waals surface area contributed by atoms with Crippen molar-refractivity contribution in [2.45, 2.75) is 13.8 Å². The molecule has 3 heterocycles. The Bertz CT molecular complexity index is 934. The monoisotopic (exact) mass is 409 g/mol. The van der Waals surface area contributed by atoms with Crippen LogP contribution in [0.3, 0.4) is 0 Å². The number of morpholine rings is 1. The minimum absolute atomic E-state index is 0.0669. The molecule has 2 aliphatic heterocycles. The third-order valence-electron chi connectivity index (χ3n) is 5.60. The lowest BCUT2D eigenvalue weighted by Crippen LogP contribution is -2.48. The molecule has 158 valence electrons. The molecule has 4 rings (SSSR count). The van der Waals surface area contributed by atoms with Crippen LogP contribution in [0.2, 0.25) is 0 Å². The van der Waals surface area contributed by atoms with Gasteiger partial charge in [-0.15, -0.1) is 0 Å². The van der Waals surface area contributed by atoms with Crippen LogP contribution in [0.4, 0.5) is 5.95 Å². The van der Waals surface area contributed by atoms with Gasteiger partial charge in [-0.1, -0.05) is 23.8 Å². The summed E-state index contributed by atoms with van der Waals surface area (Å²) < 4.78 is 5.38. The van der Waals surface area contributed by atoms with Crippen molar-refractivity contribution < 1.29 is 14.3 Å². The van der Waals surface area contributed by atoms with E-state index < -0.39 is 0 Å². The van der Waals surface area contributed by atoms with Crippen molar-refractivity contribution in [3.8, 4) is 11.3 Å². The predicted molar refractivity (Wildman–Crippen MR) is 113 cm³/mol. The van der Waals surface area contributed by atoms with Gasteiger partial charge in [0.2, 0.25) is 11.9 Å². The predicted octanol–water partition coefficient (Wildman–Crippen LogP) is 1.59. The third kappa shape index (κ3) is 4.28. The number of nitrogens with zero attached hydrogens (tertiary/aromatic N) is 5. The summed E-state index contributed by atoms with van der Waals surface area (Å²) in [5, 5.41) is 0. The second-order valence-electron chi connectivity index (χ2n) is 7.70. The van der Waals surface area contributed by atoms with E-state index in [0.717, 1.165) is 11.1 Å². The van der Waals surface area contributed by atoms with E-state index in [4.69, 9.17) is 9.72 Å². The molecule has 0 N–H and O–H groups in total. The summed E-state index contributed by atoms with van der Waals surface area (Å²) in [5.41, 5.74) is 3.16. The first-order chi connectivity index (χ1) is 14.5. The molecular formula is C22H27N5O3. The van der Waals surface area contributed by atoms with E-state index in [1.165, 1.54) is 0 Å².